The standard InChI is InChI=1S/C20H35N5O/c1-3-21-20(23-13-17-24-14-6-4-7-15-24)22-12-5-8-16-25-18(2)10-9-11-19(25)26/h9-11H,3-8,12-17H2,1-2H3,(H2,21,22,23). The topological polar surface area (TPSA) is 61.7 Å². The number of nitrogens with zero attached hydrogens (tertiary/aromatic N) is 3. The smallest absolute Gasteiger partial charge is 0.250 e. The summed E-state index contributed by atoms with van der Waals surface area (Å²) in [6.45, 7) is 11.0. The van der Waals surface area contributed by atoms with Crippen molar-refractivity contribution in [3.63, 3.8) is 0 Å². The second-order valence-corrected chi connectivity index (χ2v) is 6.95. The van der Waals surface area contributed by atoms with Crippen LogP contribution >= 0.6 is 0 Å². The summed E-state index contributed by atoms with van der Waals surface area (Å²) in [6, 6.07) is 5.42. The monoisotopic (exact) mass is 361 g/mol. The van der Waals surface area contributed by atoms with Gasteiger partial charge in [0.1, 0.15) is 0 Å². The van der Waals surface area contributed by atoms with E-state index in [1.165, 1.54) is 32.4 Å². The molecule has 2 N–H and O–H groups in total. The predicted molar refractivity (Wildman–Crippen MR) is 109 cm³/mol. The van der Waals surface area contributed by atoms with Crippen molar-refractivity contribution in [3.05, 3.63) is 34.2 Å². The quantitative estimate of drug-likeness (QED) is 0.401. The lowest BCUT2D eigenvalue weighted by Gasteiger charge is -2.26. The fourth-order valence-corrected chi connectivity index (χ4v) is 3.34. The fourth-order valence-electron chi connectivity index (χ4n) is 3.34. The van der Waals surface area contributed by atoms with Crippen LogP contribution in [0.3, 0.4) is 0 Å². The van der Waals surface area contributed by atoms with Gasteiger partial charge in [0.25, 0.3) is 5.56 Å². The molecule has 1 aromatic heterocycles. The summed E-state index contributed by atoms with van der Waals surface area (Å²) < 4.78 is 1.84. The average molecular weight is 362 g/mol. The van der Waals surface area contributed by atoms with Crippen molar-refractivity contribution in [2.45, 2.75) is 52.5 Å². The third-order valence-electron chi connectivity index (χ3n) is 4.84. The molecule has 146 valence electrons. The molecule has 6 heteroatoms. The number of piperidine rings is 1. The van der Waals surface area contributed by atoms with Gasteiger partial charge in [-0.05, 0) is 58.7 Å². The number of aromatic nitrogens is 1. The van der Waals surface area contributed by atoms with Crippen LogP contribution in [0.25, 0.3) is 0 Å². The summed E-state index contributed by atoms with van der Waals surface area (Å²) in [7, 11) is 0. The molecule has 0 spiro atoms. The van der Waals surface area contributed by atoms with Gasteiger partial charge >= 0.3 is 0 Å². The third kappa shape index (κ3) is 7.20. The van der Waals surface area contributed by atoms with Crippen molar-refractivity contribution < 1.29 is 0 Å². The van der Waals surface area contributed by atoms with E-state index >= 15 is 0 Å². The number of aryl methyl sites for hydroxylation is 1. The van der Waals surface area contributed by atoms with Gasteiger partial charge in [0.2, 0.25) is 0 Å². The molecule has 0 radical (unpaired) electrons. The first-order valence-electron chi connectivity index (χ1n) is 10.1. The van der Waals surface area contributed by atoms with Crippen LogP contribution in [-0.2, 0) is 6.54 Å². The van der Waals surface area contributed by atoms with Crippen molar-refractivity contribution in [1.29, 1.82) is 0 Å². The molecule has 1 aliphatic rings. The van der Waals surface area contributed by atoms with E-state index in [1.54, 1.807) is 6.07 Å². The Morgan fingerprint density at radius 3 is 2.65 bits per heavy atom. The number of rotatable bonds is 9. The van der Waals surface area contributed by atoms with Crippen LogP contribution in [-0.4, -0.2) is 54.7 Å². The van der Waals surface area contributed by atoms with E-state index in [1.807, 2.05) is 23.6 Å². The highest BCUT2D eigenvalue weighted by atomic mass is 16.1. The second kappa shape index (κ2) is 11.7. The summed E-state index contributed by atoms with van der Waals surface area (Å²) >= 11 is 0. The van der Waals surface area contributed by atoms with Crippen molar-refractivity contribution in [1.82, 2.24) is 20.1 Å². The van der Waals surface area contributed by atoms with Gasteiger partial charge < -0.3 is 20.1 Å². The van der Waals surface area contributed by atoms with Crippen LogP contribution in [0.5, 0.6) is 0 Å². The summed E-state index contributed by atoms with van der Waals surface area (Å²) in [4.78, 5) is 19.0. The Morgan fingerprint density at radius 2 is 1.92 bits per heavy atom. The molecule has 0 atom stereocenters. The minimum absolute atomic E-state index is 0.0845. The minimum atomic E-state index is 0.0845. The molecule has 0 saturated carbocycles. The molecule has 2 heterocycles. The molecule has 26 heavy (non-hydrogen) atoms. The van der Waals surface area contributed by atoms with Crippen LogP contribution in [0.4, 0.5) is 0 Å². The average Bonchev–Trinajstić information content (AvgIpc) is 2.64. The molecular formula is C20H35N5O. The van der Waals surface area contributed by atoms with Gasteiger partial charge in [-0.2, -0.15) is 0 Å². The van der Waals surface area contributed by atoms with Crippen LogP contribution in [0.2, 0.25) is 0 Å². The highest BCUT2D eigenvalue weighted by Crippen LogP contribution is 2.07. The molecule has 0 aliphatic carbocycles. The Labute approximate surface area is 157 Å². The highest BCUT2D eigenvalue weighted by molar-refractivity contribution is 5.79. The largest absolute Gasteiger partial charge is 0.357 e. The van der Waals surface area contributed by atoms with Crippen LogP contribution in [0, 0.1) is 6.92 Å². The van der Waals surface area contributed by atoms with Crippen LogP contribution < -0.4 is 16.2 Å². The number of nitrogens with one attached hydrogen (secondary N) is 2. The van der Waals surface area contributed by atoms with E-state index in [2.05, 4.69) is 27.4 Å². The maximum absolute atomic E-state index is 11.9. The zero-order valence-electron chi connectivity index (χ0n) is 16.5. The Bertz CT molecular complexity index is 604. The first-order valence-corrected chi connectivity index (χ1v) is 10.1. The number of guanidine groups is 1. The van der Waals surface area contributed by atoms with Crippen molar-refractivity contribution >= 4 is 5.96 Å². The second-order valence-electron chi connectivity index (χ2n) is 6.95. The van der Waals surface area contributed by atoms with Crippen LogP contribution in [0.15, 0.2) is 28.0 Å². The van der Waals surface area contributed by atoms with Crippen molar-refractivity contribution in [2.24, 2.45) is 4.99 Å². The number of hydrogen-bond donors (Lipinski definition) is 2. The van der Waals surface area contributed by atoms with Crippen LogP contribution in [0.1, 0.15) is 44.7 Å². The molecule has 0 aromatic carbocycles. The van der Waals surface area contributed by atoms with E-state index in [0.29, 0.717) is 0 Å². The van der Waals surface area contributed by atoms with Gasteiger partial charge in [-0.3, -0.25) is 9.79 Å². The number of aliphatic imine (C=N–C) groups is 1. The van der Waals surface area contributed by atoms with Gasteiger partial charge in [0.15, 0.2) is 5.96 Å². The maximum atomic E-state index is 11.9. The zero-order valence-corrected chi connectivity index (χ0v) is 16.5. The molecule has 0 unspecified atom stereocenters. The SMILES string of the molecule is CCNC(=NCCCCn1c(C)cccc1=O)NCCN1CCCCC1. The Hall–Kier alpha value is -1.82. The minimum Gasteiger partial charge on any atom is -0.357 e. The summed E-state index contributed by atoms with van der Waals surface area (Å²) in [5.41, 5.74) is 1.11. The summed E-state index contributed by atoms with van der Waals surface area (Å²) in [6.07, 6.45) is 5.98. The number of pyridine rings is 1. The Morgan fingerprint density at radius 1 is 1.12 bits per heavy atom. The fraction of sp³-hybridized carbons (Fsp3) is 0.700. The zero-order chi connectivity index (χ0) is 18.6. The van der Waals surface area contributed by atoms with Crippen molar-refractivity contribution in [3.8, 4) is 0 Å². The van der Waals surface area contributed by atoms with Gasteiger partial charge in [0, 0.05) is 44.5 Å². The predicted octanol–water partition coefficient (Wildman–Crippen LogP) is 1.98. The molecule has 1 saturated heterocycles. The molecule has 1 aliphatic heterocycles. The molecule has 2 rings (SSSR count). The van der Waals surface area contributed by atoms with Gasteiger partial charge in [-0.15, -0.1) is 0 Å². The normalized spacial score (nSPS) is 15.8. The van der Waals surface area contributed by atoms with E-state index in [0.717, 1.165) is 57.2 Å². The Kier molecular flexibility index (Phi) is 9.24. The van der Waals surface area contributed by atoms with E-state index < -0.39 is 0 Å². The molecule has 1 aromatic rings. The molecule has 1 fully saturated rings. The van der Waals surface area contributed by atoms with E-state index in [9.17, 15) is 4.79 Å². The number of unbranched alkanes of at least 4 members (excludes halogenated alkanes) is 1. The van der Waals surface area contributed by atoms with Gasteiger partial charge in [0.05, 0.1) is 0 Å². The molecular weight excluding hydrogens is 326 g/mol. The molecule has 6 nitrogen and oxygen atoms in total. The lowest BCUT2D eigenvalue weighted by Crippen LogP contribution is -2.42. The molecule has 0 bridgehead atoms. The molecule has 0 amide bonds. The number of likely N-dealkylation sites (tertiary alicyclic amines) is 1. The van der Waals surface area contributed by atoms with E-state index in [4.69, 9.17) is 0 Å². The first kappa shape index (κ1) is 20.5. The van der Waals surface area contributed by atoms with E-state index in [-0.39, 0.29) is 5.56 Å². The third-order valence-corrected chi connectivity index (χ3v) is 4.84. The van der Waals surface area contributed by atoms with Gasteiger partial charge in [-0.1, -0.05) is 12.5 Å². The summed E-state index contributed by atoms with van der Waals surface area (Å²) in [5.74, 6) is 0.901. The maximum Gasteiger partial charge on any atom is 0.250 e. The highest BCUT2D eigenvalue weighted by Gasteiger charge is 2.09. The number of hydrogen-bond acceptors (Lipinski definition) is 3. The summed E-state index contributed by atoms with van der Waals surface area (Å²) in [5, 5.41) is 6.75. The first-order chi connectivity index (χ1) is 12.7. The van der Waals surface area contributed by atoms with Gasteiger partial charge in [-0.25, -0.2) is 0 Å². The lowest BCUT2D eigenvalue weighted by molar-refractivity contribution is 0.232. The lowest BCUT2D eigenvalue weighted by atomic mass is 10.1. The van der Waals surface area contributed by atoms with Crippen molar-refractivity contribution in [2.75, 3.05) is 39.3 Å². The Balaban J connectivity index is 1.68.